The minimum absolute atomic E-state index is 0.222. The van der Waals surface area contributed by atoms with Crippen LogP contribution in [0, 0.1) is 11.8 Å². The normalized spacial score (nSPS) is 19.7. The fourth-order valence-corrected chi connectivity index (χ4v) is 2.13. The first-order valence-corrected chi connectivity index (χ1v) is 6.93. The number of ether oxygens (including phenoxy) is 1. The third-order valence-corrected chi connectivity index (χ3v) is 3.61. The molecule has 0 bridgehead atoms. The molecule has 1 saturated carbocycles. The van der Waals surface area contributed by atoms with Crippen molar-refractivity contribution >= 4 is 17.7 Å². The molecule has 0 heterocycles. The second-order valence-electron chi connectivity index (χ2n) is 5.46. The van der Waals surface area contributed by atoms with Crippen molar-refractivity contribution in [1.82, 2.24) is 4.90 Å². The van der Waals surface area contributed by atoms with E-state index in [0.29, 0.717) is 23.3 Å². The van der Waals surface area contributed by atoms with Crippen LogP contribution in [0.3, 0.4) is 0 Å². The maximum Gasteiger partial charge on any atom is 0.341 e. The molecule has 6 heteroatoms. The van der Waals surface area contributed by atoms with Gasteiger partial charge in [-0.05, 0) is 30.4 Å². The van der Waals surface area contributed by atoms with E-state index in [-0.39, 0.29) is 6.03 Å². The minimum Gasteiger partial charge on any atom is -0.480 e. The number of carbonyl (C=O) groups excluding carboxylic acids is 1. The molecular weight excluding hydrogens is 272 g/mol. The van der Waals surface area contributed by atoms with Crippen LogP contribution < -0.4 is 10.1 Å². The van der Waals surface area contributed by atoms with Crippen molar-refractivity contribution in [1.29, 1.82) is 0 Å². The van der Waals surface area contributed by atoms with Crippen LogP contribution in [0.15, 0.2) is 24.3 Å². The van der Waals surface area contributed by atoms with E-state index >= 15 is 0 Å². The topological polar surface area (TPSA) is 78.9 Å². The molecule has 6 nitrogen and oxygen atoms in total. The minimum atomic E-state index is -1.06. The predicted octanol–water partition coefficient (Wildman–Crippen LogP) is 2.27. The number of urea groups is 1. The molecule has 0 radical (unpaired) electrons. The standard InChI is InChI=1S/C15H20N2O4/c1-10-7-11(10)8-17(2)15(20)16-12-5-3-4-6-13(12)21-9-14(18)19/h3-6,10-11H,7-9H2,1-2H3,(H,16,20)(H,18,19). The van der Waals surface area contributed by atoms with Crippen molar-refractivity contribution in [2.45, 2.75) is 13.3 Å². The average molecular weight is 292 g/mol. The second kappa shape index (κ2) is 6.47. The number of hydrogen-bond donors (Lipinski definition) is 2. The van der Waals surface area contributed by atoms with E-state index in [4.69, 9.17) is 9.84 Å². The van der Waals surface area contributed by atoms with E-state index in [9.17, 15) is 9.59 Å². The summed E-state index contributed by atoms with van der Waals surface area (Å²) in [7, 11) is 1.75. The lowest BCUT2D eigenvalue weighted by Gasteiger charge is -2.19. The third-order valence-electron chi connectivity index (χ3n) is 3.61. The van der Waals surface area contributed by atoms with Crippen LogP contribution in [-0.2, 0) is 4.79 Å². The van der Waals surface area contributed by atoms with Crippen LogP contribution in [0.5, 0.6) is 5.75 Å². The largest absolute Gasteiger partial charge is 0.480 e. The quantitative estimate of drug-likeness (QED) is 0.843. The van der Waals surface area contributed by atoms with E-state index in [2.05, 4.69) is 12.2 Å². The summed E-state index contributed by atoms with van der Waals surface area (Å²) in [6.07, 6.45) is 1.16. The third kappa shape index (κ3) is 4.37. The summed E-state index contributed by atoms with van der Waals surface area (Å²) in [6.45, 7) is 2.46. The summed E-state index contributed by atoms with van der Waals surface area (Å²) in [6, 6.07) is 6.57. The Kier molecular flexibility index (Phi) is 4.67. The molecule has 21 heavy (non-hydrogen) atoms. The van der Waals surface area contributed by atoms with Crippen molar-refractivity contribution < 1.29 is 19.4 Å². The average Bonchev–Trinajstić information content (AvgIpc) is 3.12. The first kappa shape index (κ1) is 15.2. The molecule has 2 unspecified atom stereocenters. The van der Waals surface area contributed by atoms with E-state index in [1.54, 1.807) is 36.2 Å². The molecule has 2 N–H and O–H groups in total. The van der Waals surface area contributed by atoms with Gasteiger partial charge in [-0.2, -0.15) is 0 Å². The Balaban J connectivity index is 1.94. The number of carboxylic acids is 1. The van der Waals surface area contributed by atoms with Gasteiger partial charge in [-0.15, -0.1) is 0 Å². The van der Waals surface area contributed by atoms with Crippen LogP contribution in [0.25, 0.3) is 0 Å². The number of benzene rings is 1. The summed E-state index contributed by atoms with van der Waals surface area (Å²) >= 11 is 0. The van der Waals surface area contributed by atoms with Gasteiger partial charge in [-0.3, -0.25) is 0 Å². The van der Waals surface area contributed by atoms with Gasteiger partial charge in [0.1, 0.15) is 5.75 Å². The van der Waals surface area contributed by atoms with Crippen LogP contribution >= 0.6 is 0 Å². The van der Waals surface area contributed by atoms with Gasteiger partial charge in [0.25, 0.3) is 0 Å². The zero-order chi connectivity index (χ0) is 15.4. The lowest BCUT2D eigenvalue weighted by atomic mass is 10.3. The molecule has 1 aromatic carbocycles. The summed E-state index contributed by atoms with van der Waals surface area (Å²) in [5.74, 6) is 0.558. The lowest BCUT2D eigenvalue weighted by Crippen LogP contribution is -2.33. The molecule has 1 aromatic rings. The molecule has 2 amide bonds. The molecule has 0 spiro atoms. The molecule has 2 atom stereocenters. The zero-order valence-electron chi connectivity index (χ0n) is 12.2. The Bertz CT molecular complexity index is 532. The molecule has 1 aliphatic carbocycles. The summed E-state index contributed by atoms with van der Waals surface area (Å²) < 4.78 is 5.16. The van der Waals surface area contributed by atoms with Gasteiger partial charge in [-0.25, -0.2) is 9.59 Å². The number of aliphatic carboxylic acids is 1. The number of anilines is 1. The Hall–Kier alpha value is -2.24. The maximum atomic E-state index is 12.1. The van der Waals surface area contributed by atoms with Crippen LogP contribution in [0.2, 0.25) is 0 Å². The van der Waals surface area contributed by atoms with Gasteiger partial charge in [0.2, 0.25) is 0 Å². The van der Waals surface area contributed by atoms with Crippen molar-refractivity contribution in [3.05, 3.63) is 24.3 Å². The van der Waals surface area contributed by atoms with Crippen LogP contribution in [0.4, 0.5) is 10.5 Å². The van der Waals surface area contributed by atoms with Gasteiger partial charge in [0, 0.05) is 13.6 Å². The Morgan fingerprint density at radius 3 is 2.71 bits per heavy atom. The number of carboxylic acid groups (broad SMARTS) is 1. The number of amides is 2. The second-order valence-corrected chi connectivity index (χ2v) is 5.46. The molecule has 0 saturated heterocycles. The van der Waals surface area contributed by atoms with Gasteiger partial charge >= 0.3 is 12.0 Å². The Labute approximate surface area is 123 Å². The van der Waals surface area contributed by atoms with E-state index in [1.807, 2.05) is 0 Å². The Morgan fingerprint density at radius 2 is 2.10 bits per heavy atom. The zero-order valence-corrected chi connectivity index (χ0v) is 12.2. The number of carbonyl (C=O) groups is 2. The number of nitrogens with zero attached hydrogens (tertiary/aromatic N) is 1. The summed E-state index contributed by atoms with van der Waals surface area (Å²) in [4.78, 5) is 24.3. The molecular formula is C15H20N2O4. The summed E-state index contributed by atoms with van der Waals surface area (Å²) in [5.41, 5.74) is 0.472. The summed E-state index contributed by atoms with van der Waals surface area (Å²) in [5, 5.41) is 11.4. The van der Waals surface area contributed by atoms with E-state index in [1.165, 1.54) is 0 Å². The first-order valence-electron chi connectivity index (χ1n) is 6.93. The van der Waals surface area contributed by atoms with Crippen molar-refractivity contribution in [2.24, 2.45) is 11.8 Å². The first-order chi connectivity index (χ1) is 9.97. The van der Waals surface area contributed by atoms with Crippen molar-refractivity contribution in [3.8, 4) is 5.75 Å². The SMILES string of the molecule is CC1CC1CN(C)C(=O)Nc1ccccc1OCC(=O)O. The van der Waals surface area contributed by atoms with Gasteiger partial charge in [-0.1, -0.05) is 19.1 Å². The van der Waals surface area contributed by atoms with Crippen molar-refractivity contribution in [2.75, 3.05) is 25.5 Å². The molecule has 0 aromatic heterocycles. The monoisotopic (exact) mass is 292 g/mol. The smallest absolute Gasteiger partial charge is 0.341 e. The number of hydrogen-bond acceptors (Lipinski definition) is 3. The molecule has 1 fully saturated rings. The fraction of sp³-hybridized carbons (Fsp3) is 0.467. The molecule has 1 aliphatic rings. The van der Waals surface area contributed by atoms with Crippen LogP contribution in [-0.4, -0.2) is 42.2 Å². The highest BCUT2D eigenvalue weighted by atomic mass is 16.5. The Morgan fingerprint density at radius 1 is 1.43 bits per heavy atom. The highest BCUT2D eigenvalue weighted by Gasteiger charge is 2.34. The molecule has 114 valence electrons. The molecule has 2 rings (SSSR count). The van der Waals surface area contributed by atoms with E-state index in [0.717, 1.165) is 13.0 Å². The highest BCUT2D eigenvalue weighted by molar-refractivity contribution is 5.90. The molecule has 0 aliphatic heterocycles. The van der Waals surface area contributed by atoms with Gasteiger partial charge in [0.05, 0.1) is 5.69 Å². The number of para-hydroxylation sites is 2. The van der Waals surface area contributed by atoms with Gasteiger partial charge < -0.3 is 20.1 Å². The fourth-order valence-electron chi connectivity index (χ4n) is 2.13. The van der Waals surface area contributed by atoms with Crippen molar-refractivity contribution in [3.63, 3.8) is 0 Å². The maximum absolute atomic E-state index is 12.1. The van der Waals surface area contributed by atoms with Crippen LogP contribution in [0.1, 0.15) is 13.3 Å². The highest BCUT2D eigenvalue weighted by Crippen LogP contribution is 2.38. The number of rotatable bonds is 6. The number of nitrogens with one attached hydrogen (secondary N) is 1. The lowest BCUT2D eigenvalue weighted by molar-refractivity contribution is -0.139. The van der Waals surface area contributed by atoms with E-state index < -0.39 is 12.6 Å². The van der Waals surface area contributed by atoms with Gasteiger partial charge in [0.15, 0.2) is 6.61 Å². The predicted molar refractivity (Wildman–Crippen MR) is 78.5 cm³/mol.